The van der Waals surface area contributed by atoms with Gasteiger partial charge in [-0.1, -0.05) is 18.2 Å². The van der Waals surface area contributed by atoms with Gasteiger partial charge in [-0.15, -0.1) is 0 Å². The molecule has 2 aromatic carbocycles. The van der Waals surface area contributed by atoms with Crippen molar-refractivity contribution in [1.82, 2.24) is 0 Å². The van der Waals surface area contributed by atoms with Crippen LogP contribution in [0.3, 0.4) is 0 Å². The quantitative estimate of drug-likeness (QED) is 0.667. The Balaban J connectivity index is 2.39. The number of benzene rings is 2. The maximum Gasteiger partial charge on any atom is 0.260 e. The van der Waals surface area contributed by atoms with E-state index in [4.69, 9.17) is 5.84 Å². The van der Waals surface area contributed by atoms with Crippen LogP contribution in [-0.4, -0.2) is 13.0 Å². The van der Waals surface area contributed by atoms with E-state index < -0.39 is 5.82 Å². The Morgan fingerprint density at radius 1 is 1.25 bits per heavy atom. The maximum absolute atomic E-state index is 13.6. The van der Waals surface area contributed by atoms with Crippen molar-refractivity contribution in [3.05, 3.63) is 59.4 Å². The van der Waals surface area contributed by atoms with Crippen molar-refractivity contribution in [2.24, 2.45) is 5.84 Å². The van der Waals surface area contributed by atoms with Crippen molar-refractivity contribution in [3.8, 4) is 0 Å². The van der Waals surface area contributed by atoms with Crippen LogP contribution >= 0.6 is 0 Å². The van der Waals surface area contributed by atoms with E-state index in [1.54, 1.807) is 7.05 Å². The predicted molar refractivity (Wildman–Crippen MR) is 78.1 cm³/mol. The highest BCUT2D eigenvalue weighted by atomic mass is 19.1. The van der Waals surface area contributed by atoms with Crippen molar-refractivity contribution in [3.63, 3.8) is 0 Å². The summed E-state index contributed by atoms with van der Waals surface area (Å²) in [6, 6.07) is 11.8. The molecule has 0 spiro atoms. The fourth-order valence-corrected chi connectivity index (χ4v) is 1.98. The summed E-state index contributed by atoms with van der Waals surface area (Å²) in [6.45, 7) is 1.94. The topological polar surface area (TPSA) is 58.4 Å². The molecule has 0 fully saturated rings. The highest BCUT2D eigenvalue weighted by molar-refractivity contribution is 6.09. The van der Waals surface area contributed by atoms with Crippen LogP contribution in [0.2, 0.25) is 0 Å². The molecule has 0 atom stereocenters. The molecule has 2 rings (SSSR count). The molecule has 0 aliphatic carbocycles. The molecule has 0 saturated carbocycles. The SMILES string of the molecule is Cc1cccc(N(C)C(=O)c2cccc(F)c2NN)c1. The molecule has 0 aliphatic rings. The van der Waals surface area contributed by atoms with Gasteiger partial charge in [0.05, 0.1) is 11.3 Å². The van der Waals surface area contributed by atoms with Gasteiger partial charge in [-0.3, -0.25) is 10.6 Å². The standard InChI is InChI=1S/C15H16FN3O/c1-10-5-3-6-11(9-10)19(2)15(20)12-7-4-8-13(16)14(12)18-17/h3-9,18H,17H2,1-2H3. The number of nitrogens with two attached hydrogens (primary N) is 1. The number of carbonyl (C=O) groups is 1. The normalized spacial score (nSPS) is 10.2. The van der Waals surface area contributed by atoms with E-state index in [0.717, 1.165) is 11.3 Å². The number of nitrogens with zero attached hydrogens (tertiary/aromatic N) is 1. The first-order valence-electron chi connectivity index (χ1n) is 6.14. The smallest absolute Gasteiger partial charge is 0.260 e. The largest absolute Gasteiger partial charge is 0.321 e. The van der Waals surface area contributed by atoms with Crippen molar-refractivity contribution < 1.29 is 9.18 Å². The van der Waals surface area contributed by atoms with Crippen LogP contribution < -0.4 is 16.2 Å². The van der Waals surface area contributed by atoms with Crippen molar-refractivity contribution in [2.75, 3.05) is 17.4 Å². The fourth-order valence-electron chi connectivity index (χ4n) is 1.98. The number of anilines is 2. The van der Waals surface area contributed by atoms with Crippen LogP contribution in [0.1, 0.15) is 15.9 Å². The van der Waals surface area contributed by atoms with E-state index in [0.29, 0.717) is 0 Å². The second-order valence-corrected chi connectivity index (χ2v) is 4.51. The molecular weight excluding hydrogens is 257 g/mol. The summed E-state index contributed by atoms with van der Waals surface area (Å²) < 4.78 is 13.6. The molecule has 0 unspecified atom stereocenters. The van der Waals surface area contributed by atoms with Gasteiger partial charge in [0.15, 0.2) is 0 Å². The van der Waals surface area contributed by atoms with E-state index >= 15 is 0 Å². The first kappa shape index (κ1) is 14.0. The van der Waals surface area contributed by atoms with Crippen LogP contribution in [0.5, 0.6) is 0 Å². The summed E-state index contributed by atoms with van der Waals surface area (Å²) in [5, 5.41) is 0. The van der Waals surface area contributed by atoms with Crippen LogP contribution in [0, 0.1) is 12.7 Å². The third-order valence-electron chi connectivity index (χ3n) is 3.08. The predicted octanol–water partition coefficient (Wildman–Crippen LogP) is 2.70. The second kappa shape index (κ2) is 5.71. The van der Waals surface area contributed by atoms with Crippen molar-refractivity contribution in [1.29, 1.82) is 0 Å². The number of nitrogen functional groups attached to an aromatic ring is 1. The Morgan fingerprint density at radius 2 is 1.95 bits per heavy atom. The Labute approximate surface area is 117 Å². The highest BCUT2D eigenvalue weighted by Crippen LogP contribution is 2.23. The molecule has 2 aromatic rings. The molecule has 0 radical (unpaired) electrons. The van der Waals surface area contributed by atoms with E-state index in [1.165, 1.54) is 23.1 Å². The van der Waals surface area contributed by atoms with Crippen LogP contribution in [0.25, 0.3) is 0 Å². The van der Waals surface area contributed by atoms with Gasteiger partial charge in [0.25, 0.3) is 5.91 Å². The summed E-state index contributed by atoms with van der Waals surface area (Å²) in [6.07, 6.45) is 0. The number of rotatable bonds is 3. The van der Waals surface area contributed by atoms with Crippen LogP contribution in [0.15, 0.2) is 42.5 Å². The third-order valence-corrected chi connectivity index (χ3v) is 3.08. The summed E-state index contributed by atoms with van der Waals surface area (Å²) in [4.78, 5) is 13.9. The van der Waals surface area contributed by atoms with Gasteiger partial charge in [0, 0.05) is 12.7 Å². The van der Waals surface area contributed by atoms with Gasteiger partial charge in [-0.2, -0.15) is 0 Å². The molecule has 1 amide bonds. The summed E-state index contributed by atoms with van der Waals surface area (Å²) in [5.41, 5.74) is 4.21. The molecular formula is C15H16FN3O. The molecule has 104 valence electrons. The monoisotopic (exact) mass is 273 g/mol. The molecule has 4 nitrogen and oxygen atoms in total. The van der Waals surface area contributed by atoms with E-state index in [-0.39, 0.29) is 17.2 Å². The first-order chi connectivity index (χ1) is 9.54. The number of para-hydroxylation sites is 1. The third kappa shape index (κ3) is 2.62. The van der Waals surface area contributed by atoms with Gasteiger partial charge in [0.2, 0.25) is 0 Å². The van der Waals surface area contributed by atoms with Gasteiger partial charge in [-0.25, -0.2) is 4.39 Å². The molecule has 20 heavy (non-hydrogen) atoms. The number of amides is 1. The van der Waals surface area contributed by atoms with Gasteiger partial charge >= 0.3 is 0 Å². The van der Waals surface area contributed by atoms with E-state index in [1.807, 2.05) is 31.2 Å². The van der Waals surface area contributed by atoms with Crippen molar-refractivity contribution in [2.45, 2.75) is 6.92 Å². The van der Waals surface area contributed by atoms with E-state index in [2.05, 4.69) is 5.43 Å². The number of halogens is 1. The number of hydrogen-bond acceptors (Lipinski definition) is 3. The molecule has 0 aromatic heterocycles. The Hall–Kier alpha value is -2.40. The van der Waals surface area contributed by atoms with Gasteiger partial charge < -0.3 is 10.3 Å². The number of hydrazine groups is 1. The van der Waals surface area contributed by atoms with E-state index in [9.17, 15) is 9.18 Å². The lowest BCUT2D eigenvalue weighted by molar-refractivity contribution is 0.0993. The average Bonchev–Trinajstić information content (AvgIpc) is 2.45. The van der Waals surface area contributed by atoms with Crippen molar-refractivity contribution >= 4 is 17.3 Å². The zero-order valence-corrected chi connectivity index (χ0v) is 11.4. The minimum Gasteiger partial charge on any atom is -0.321 e. The number of carbonyl (C=O) groups excluding carboxylic acids is 1. The Bertz CT molecular complexity index is 643. The summed E-state index contributed by atoms with van der Waals surface area (Å²) in [7, 11) is 1.64. The fraction of sp³-hybridized carbons (Fsp3) is 0.133. The van der Waals surface area contributed by atoms with Gasteiger partial charge in [-0.05, 0) is 36.8 Å². The zero-order valence-electron chi connectivity index (χ0n) is 11.4. The lowest BCUT2D eigenvalue weighted by Gasteiger charge is -2.19. The minimum absolute atomic E-state index is 0.00277. The maximum atomic E-state index is 13.6. The Kier molecular flexibility index (Phi) is 4.00. The second-order valence-electron chi connectivity index (χ2n) is 4.51. The van der Waals surface area contributed by atoms with Crippen LogP contribution in [0.4, 0.5) is 15.8 Å². The molecule has 0 aliphatic heterocycles. The lowest BCUT2D eigenvalue weighted by Crippen LogP contribution is -2.28. The number of nitrogens with one attached hydrogen (secondary N) is 1. The first-order valence-corrected chi connectivity index (χ1v) is 6.14. The average molecular weight is 273 g/mol. The number of hydrogen-bond donors (Lipinski definition) is 2. The van der Waals surface area contributed by atoms with Gasteiger partial charge in [0.1, 0.15) is 5.82 Å². The minimum atomic E-state index is -0.559. The Morgan fingerprint density at radius 3 is 2.60 bits per heavy atom. The molecule has 5 heteroatoms. The molecule has 0 heterocycles. The summed E-state index contributed by atoms with van der Waals surface area (Å²) >= 11 is 0. The number of aryl methyl sites for hydroxylation is 1. The summed E-state index contributed by atoms with van der Waals surface area (Å²) in [5.74, 6) is 4.40. The molecule has 0 bridgehead atoms. The zero-order chi connectivity index (χ0) is 14.7. The molecule has 0 saturated heterocycles. The van der Waals surface area contributed by atoms with Crippen LogP contribution in [-0.2, 0) is 0 Å². The lowest BCUT2D eigenvalue weighted by atomic mass is 10.1. The highest BCUT2D eigenvalue weighted by Gasteiger charge is 2.19. The molecule has 3 N–H and O–H groups in total.